The zero-order chi connectivity index (χ0) is 18.1. The van der Waals surface area contributed by atoms with Gasteiger partial charge in [0.15, 0.2) is 6.61 Å². The Morgan fingerprint density at radius 3 is 2.60 bits per heavy atom. The Hall–Kier alpha value is -2.31. The summed E-state index contributed by atoms with van der Waals surface area (Å²) in [6.07, 6.45) is 2.66. The summed E-state index contributed by atoms with van der Waals surface area (Å²) in [6.45, 7) is 1.80. The van der Waals surface area contributed by atoms with E-state index in [9.17, 15) is 4.79 Å². The average molecular weight is 363 g/mol. The van der Waals surface area contributed by atoms with Gasteiger partial charge in [-0.2, -0.15) is 0 Å². The second-order valence-corrected chi connectivity index (χ2v) is 6.24. The van der Waals surface area contributed by atoms with E-state index in [1.165, 1.54) is 0 Å². The molecule has 2 rings (SSSR count). The number of nitrogens with zero attached hydrogens (tertiary/aromatic N) is 2. The molecule has 0 atom stereocenters. The van der Waals surface area contributed by atoms with E-state index in [1.807, 2.05) is 26.2 Å². The number of hydrogen-bond acceptors (Lipinski definition) is 5. The van der Waals surface area contributed by atoms with Gasteiger partial charge in [0.1, 0.15) is 11.6 Å². The second kappa shape index (κ2) is 9.86. The number of hydrogen-bond donors (Lipinski definition) is 2. The van der Waals surface area contributed by atoms with Crippen molar-refractivity contribution in [2.45, 2.75) is 6.42 Å². The van der Waals surface area contributed by atoms with Gasteiger partial charge in [0, 0.05) is 11.6 Å². The van der Waals surface area contributed by atoms with Crippen LogP contribution in [0.15, 0.2) is 42.6 Å². The van der Waals surface area contributed by atoms with Crippen molar-refractivity contribution < 1.29 is 9.53 Å². The van der Waals surface area contributed by atoms with Crippen molar-refractivity contribution in [1.82, 2.24) is 9.88 Å². The van der Waals surface area contributed by atoms with Gasteiger partial charge in [-0.1, -0.05) is 11.6 Å². The minimum absolute atomic E-state index is 0.0772. The fourth-order valence-corrected chi connectivity index (χ4v) is 2.19. The van der Waals surface area contributed by atoms with Crippen LogP contribution in [0, 0.1) is 0 Å². The van der Waals surface area contributed by atoms with Crippen LogP contribution in [-0.4, -0.2) is 49.6 Å². The lowest BCUT2D eigenvalue weighted by Gasteiger charge is -2.11. The third kappa shape index (κ3) is 7.41. The number of anilines is 2. The van der Waals surface area contributed by atoms with Gasteiger partial charge >= 0.3 is 0 Å². The standard InChI is InChI=1S/C18H23ClN4O2/c1-23(2)11-3-10-20-17-9-6-15(12-21-17)22-18(24)13-25-16-7-4-14(19)5-8-16/h4-9,12H,3,10-11,13H2,1-2H3,(H,20,21)(H,22,24). The molecule has 1 aromatic carbocycles. The molecule has 134 valence electrons. The van der Waals surface area contributed by atoms with Gasteiger partial charge in [0.2, 0.25) is 0 Å². The van der Waals surface area contributed by atoms with Gasteiger partial charge in [-0.3, -0.25) is 4.79 Å². The molecule has 0 unspecified atom stereocenters. The summed E-state index contributed by atoms with van der Waals surface area (Å²) in [5.41, 5.74) is 0.628. The number of amides is 1. The molecular formula is C18H23ClN4O2. The first-order chi connectivity index (χ1) is 12.0. The molecule has 1 heterocycles. The van der Waals surface area contributed by atoms with Gasteiger partial charge in [-0.25, -0.2) is 4.98 Å². The van der Waals surface area contributed by atoms with Crippen LogP contribution >= 0.6 is 11.6 Å². The SMILES string of the molecule is CN(C)CCCNc1ccc(NC(=O)COc2ccc(Cl)cc2)cn1. The maximum Gasteiger partial charge on any atom is 0.262 e. The van der Waals surface area contributed by atoms with Crippen LogP contribution in [0.5, 0.6) is 5.75 Å². The van der Waals surface area contributed by atoms with Crippen LogP contribution in [0.3, 0.4) is 0 Å². The van der Waals surface area contributed by atoms with E-state index in [1.54, 1.807) is 30.5 Å². The number of pyridine rings is 1. The number of ether oxygens (including phenoxy) is 1. The lowest BCUT2D eigenvalue weighted by molar-refractivity contribution is -0.118. The highest BCUT2D eigenvalue weighted by atomic mass is 35.5. The lowest BCUT2D eigenvalue weighted by atomic mass is 10.3. The molecule has 0 saturated heterocycles. The first-order valence-corrected chi connectivity index (χ1v) is 8.43. The third-order valence-corrected chi connectivity index (χ3v) is 3.57. The van der Waals surface area contributed by atoms with Crippen molar-refractivity contribution in [1.29, 1.82) is 0 Å². The van der Waals surface area contributed by atoms with Crippen LogP contribution in [0.1, 0.15) is 6.42 Å². The number of halogens is 1. The monoisotopic (exact) mass is 362 g/mol. The minimum Gasteiger partial charge on any atom is -0.484 e. The van der Waals surface area contributed by atoms with E-state index in [4.69, 9.17) is 16.3 Å². The van der Waals surface area contributed by atoms with E-state index in [0.717, 1.165) is 25.3 Å². The van der Waals surface area contributed by atoms with Gasteiger partial charge < -0.3 is 20.3 Å². The van der Waals surface area contributed by atoms with Crippen LogP contribution in [0.2, 0.25) is 5.02 Å². The van der Waals surface area contributed by atoms with Crippen LogP contribution in [0.25, 0.3) is 0 Å². The molecule has 2 aromatic rings. The summed E-state index contributed by atoms with van der Waals surface area (Å²) in [7, 11) is 4.10. The van der Waals surface area contributed by atoms with Crippen molar-refractivity contribution in [3.8, 4) is 5.75 Å². The fourth-order valence-electron chi connectivity index (χ4n) is 2.06. The first-order valence-electron chi connectivity index (χ1n) is 8.06. The summed E-state index contributed by atoms with van der Waals surface area (Å²) in [5, 5.41) is 6.62. The molecule has 6 nitrogen and oxygen atoms in total. The molecule has 0 fully saturated rings. The molecule has 0 aliphatic carbocycles. The lowest BCUT2D eigenvalue weighted by Crippen LogP contribution is -2.20. The van der Waals surface area contributed by atoms with E-state index in [0.29, 0.717) is 16.5 Å². The Morgan fingerprint density at radius 2 is 1.96 bits per heavy atom. The molecule has 0 radical (unpaired) electrons. The molecule has 2 N–H and O–H groups in total. The summed E-state index contributed by atoms with van der Waals surface area (Å²) in [6, 6.07) is 10.5. The number of carbonyl (C=O) groups is 1. The van der Waals surface area contributed by atoms with Crippen molar-refractivity contribution in [3.63, 3.8) is 0 Å². The highest BCUT2D eigenvalue weighted by molar-refractivity contribution is 6.30. The topological polar surface area (TPSA) is 66.5 Å². The number of carbonyl (C=O) groups excluding carboxylic acids is 1. The Kier molecular flexibility index (Phi) is 7.50. The number of rotatable bonds is 9. The van der Waals surface area contributed by atoms with Gasteiger partial charge in [0.05, 0.1) is 11.9 Å². The highest BCUT2D eigenvalue weighted by Crippen LogP contribution is 2.15. The Labute approximate surface area is 153 Å². The Morgan fingerprint density at radius 1 is 1.20 bits per heavy atom. The summed E-state index contributed by atoms with van der Waals surface area (Å²) >= 11 is 5.80. The van der Waals surface area contributed by atoms with E-state index >= 15 is 0 Å². The van der Waals surface area contributed by atoms with Crippen molar-refractivity contribution in [2.24, 2.45) is 0 Å². The van der Waals surface area contributed by atoms with Gasteiger partial charge in [-0.15, -0.1) is 0 Å². The Bertz CT molecular complexity index is 660. The molecule has 0 bridgehead atoms. The van der Waals surface area contributed by atoms with E-state index in [2.05, 4.69) is 20.5 Å². The Balaban J connectivity index is 1.72. The predicted octanol–water partition coefficient (Wildman–Crippen LogP) is 3.12. The fraction of sp³-hybridized carbons (Fsp3) is 0.333. The molecule has 0 spiro atoms. The maximum atomic E-state index is 11.9. The second-order valence-electron chi connectivity index (χ2n) is 5.81. The van der Waals surface area contributed by atoms with E-state index < -0.39 is 0 Å². The molecule has 1 amide bonds. The number of nitrogens with one attached hydrogen (secondary N) is 2. The number of aromatic nitrogens is 1. The maximum absolute atomic E-state index is 11.9. The zero-order valence-electron chi connectivity index (χ0n) is 14.5. The molecule has 7 heteroatoms. The zero-order valence-corrected chi connectivity index (χ0v) is 15.2. The number of benzene rings is 1. The van der Waals surface area contributed by atoms with E-state index in [-0.39, 0.29) is 12.5 Å². The average Bonchev–Trinajstić information content (AvgIpc) is 2.59. The predicted molar refractivity (Wildman–Crippen MR) is 101 cm³/mol. The summed E-state index contributed by atoms with van der Waals surface area (Å²) in [4.78, 5) is 18.3. The molecular weight excluding hydrogens is 340 g/mol. The third-order valence-electron chi connectivity index (χ3n) is 3.32. The quantitative estimate of drug-likeness (QED) is 0.671. The van der Waals surface area contributed by atoms with Crippen LogP contribution in [0.4, 0.5) is 11.5 Å². The van der Waals surface area contributed by atoms with Gasteiger partial charge in [0.25, 0.3) is 5.91 Å². The highest BCUT2D eigenvalue weighted by Gasteiger charge is 2.04. The molecule has 0 aliphatic rings. The molecule has 0 saturated carbocycles. The molecule has 25 heavy (non-hydrogen) atoms. The summed E-state index contributed by atoms with van der Waals surface area (Å²) < 4.78 is 5.40. The molecule has 0 aliphatic heterocycles. The normalized spacial score (nSPS) is 10.6. The van der Waals surface area contributed by atoms with Gasteiger partial charge in [-0.05, 0) is 63.5 Å². The molecule has 1 aromatic heterocycles. The summed E-state index contributed by atoms with van der Waals surface area (Å²) in [5.74, 6) is 1.13. The minimum atomic E-state index is -0.247. The van der Waals surface area contributed by atoms with Crippen molar-refractivity contribution in [2.75, 3.05) is 44.4 Å². The van der Waals surface area contributed by atoms with Crippen LogP contribution in [-0.2, 0) is 4.79 Å². The van der Waals surface area contributed by atoms with Crippen LogP contribution < -0.4 is 15.4 Å². The smallest absolute Gasteiger partial charge is 0.262 e. The van der Waals surface area contributed by atoms with Crippen molar-refractivity contribution >= 4 is 29.0 Å². The van der Waals surface area contributed by atoms with Crippen molar-refractivity contribution in [3.05, 3.63) is 47.6 Å². The first kappa shape index (κ1) is 19.0. The largest absolute Gasteiger partial charge is 0.484 e.